The highest BCUT2D eigenvalue weighted by molar-refractivity contribution is 5.79. The Balaban J connectivity index is 1.94. The van der Waals surface area contributed by atoms with E-state index in [0.29, 0.717) is 31.8 Å². The quantitative estimate of drug-likeness (QED) is 0.841. The zero-order valence-electron chi connectivity index (χ0n) is 13.2. The molecule has 3 unspecified atom stereocenters. The molecule has 120 valence electrons. The first-order valence-corrected chi connectivity index (χ1v) is 8.25. The first-order valence-electron chi connectivity index (χ1n) is 8.25. The van der Waals surface area contributed by atoms with Gasteiger partial charge in [-0.15, -0.1) is 0 Å². The van der Waals surface area contributed by atoms with Crippen LogP contribution in [-0.4, -0.2) is 41.1 Å². The van der Waals surface area contributed by atoms with Gasteiger partial charge in [-0.25, -0.2) is 4.79 Å². The lowest BCUT2D eigenvalue weighted by molar-refractivity contribution is -0.152. The molecule has 2 aliphatic rings. The van der Waals surface area contributed by atoms with Gasteiger partial charge in [-0.2, -0.15) is 0 Å². The van der Waals surface area contributed by atoms with Gasteiger partial charge in [0, 0.05) is 19.1 Å². The number of carboxylic acid groups (broad SMARTS) is 1. The lowest BCUT2D eigenvalue weighted by atomic mass is 9.78. The van der Waals surface area contributed by atoms with Crippen LogP contribution in [0, 0.1) is 11.3 Å². The van der Waals surface area contributed by atoms with Crippen LogP contribution in [0.3, 0.4) is 0 Å². The standard InChI is InChI=1S/C16H28N2O3/c1-3-16(14(19)20)8-5-9-18(11-16)15(21)17-13-7-4-6-12(2)10-13/h12-13H,3-11H2,1-2H3,(H,17,21)(H,19,20). The number of hydrogen-bond donors (Lipinski definition) is 2. The zero-order valence-corrected chi connectivity index (χ0v) is 13.2. The van der Waals surface area contributed by atoms with E-state index in [9.17, 15) is 14.7 Å². The summed E-state index contributed by atoms with van der Waals surface area (Å²) in [5.41, 5.74) is -0.755. The normalized spacial score (nSPS) is 33.5. The van der Waals surface area contributed by atoms with Crippen molar-refractivity contribution in [3.8, 4) is 0 Å². The number of carbonyl (C=O) groups excluding carboxylic acids is 1. The molecule has 21 heavy (non-hydrogen) atoms. The highest BCUT2D eigenvalue weighted by Gasteiger charge is 2.42. The number of urea groups is 1. The second-order valence-electron chi connectivity index (χ2n) is 6.88. The van der Waals surface area contributed by atoms with Gasteiger partial charge < -0.3 is 15.3 Å². The largest absolute Gasteiger partial charge is 0.481 e. The molecule has 0 bridgehead atoms. The van der Waals surface area contributed by atoms with Gasteiger partial charge in [-0.1, -0.05) is 26.7 Å². The number of aliphatic carboxylic acids is 1. The van der Waals surface area contributed by atoms with Crippen molar-refractivity contribution in [1.29, 1.82) is 0 Å². The van der Waals surface area contributed by atoms with Crippen LogP contribution < -0.4 is 5.32 Å². The van der Waals surface area contributed by atoms with Gasteiger partial charge in [0.2, 0.25) is 0 Å². The zero-order chi connectivity index (χ0) is 15.5. The van der Waals surface area contributed by atoms with Gasteiger partial charge >= 0.3 is 12.0 Å². The molecule has 5 heteroatoms. The monoisotopic (exact) mass is 296 g/mol. The predicted octanol–water partition coefficient (Wildman–Crippen LogP) is 2.85. The number of piperidine rings is 1. The third-order valence-corrected chi connectivity index (χ3v) is 5.26. The maximum Gasteiger partial charge on any atom is 0.317 e. The van der Waals surface area contributed by atoms with Crippen LogP contribution in [0.5, 0.6) is 0 Å². The van der Waals surface area contributed by atoms with Gasteiger partial charge in [0.25, 0.3) is 0 Å². The van der Waals surface area contributed by atoms with Crippen LogP contribution in [0.4, 0.5) is 4.79 Å². The summed E-state index contributed by atoms with van der Waals surface area (Å²) in [6.07, 6.45) is 6.51. The molecule has 3 atom stereocenters. The lowest BCUT2D eigenvalue weighted by Gasteiger charge is -2.40. The van der Waals surface area contributed by atoms with Crippen molar-refractivity contribution in [2.75, 3.05) is 13.1 Å². The van der Waals surface area contributed by atoms with E-state index in [4.69, 9.17) is 0 Å². The van der Waals surface area contributed by atoms with Crippen LogP contribution in [0.1, 0.15) is 58.8 Å². The lowest BCUT2D eigenvalue weighted by Crippen LogP contribution is -2.54. The van der Waals surface area contributed by atoms with Gasteiger partial charge in [0.1, 0.15) is 0 Å². The van der Waals surface area contributed by atoms with Gasteiger partial charge in [0.05, 0.1) is 5.41 Å². The third kappa shape index (κ3) is 3.69. The van der Waals surface area contributed by atoms with Crippen molar-refractivity contribution < 1.29 is 14.7 Å². The third-order valence-electron chi connectivity index (χ3n) is 5.26. The minimum atomic E-state index is -0.770. The predicted molar refractivity (Wildman–Crippen MR) is 81.1 cm³/mol. The number of carbonyl (C=O) groups is 2. The molecule has 5 nitrogen and oxygen atoms in total. The Morgan fingerprint density at radius 3 is 2.71 bits per heavy atom. The Morgan fingerprint density at radius 1 is 1.33 bits per heavy atom. The van der Waals surface area contributed by atoms with Gasteiger partial charge in [-0.05, 0) is 38.0 Å². The molecule has 1 aliphatic heterocycles. The van der Waals surface area contributed by atoms with Gasteiger partial charge in [-0.3, -0.25) is 4.79 Å². The van der Waals surface area contributed by atoms with Crippen molar-refractivity contribution in [3.05, 3.63) is 0 Å². The number of nitrogens with one attached hydrogen (secondary N) is 1. The second-order valence-corrected chi connectivity index (χ2v) is 6.88. The number of carboxylic acids is 1. The first-order chi connectivity index (χ1) is 9.97. The van der Waals surface area contributed by atoms with Crippen LogP contribution in [0.25, 0.3) is 0 Å². The maximum absolute atomic E-state index is 12.4. The van der Waals surface area contributed by atoms with E-state index in [-0.39, 0.29) is 12.1 Å². The second kappa shape index (κ2) is 6.67. The molecule has 2 fully saturated rings. The van der Waals surface area contributed by atoms with Crippen LogP contribution in [-0.2, 0) is 4.79 Å². The summed E-state index contributed by atoms with van der Waals surface area (Å²) in [6, 6.07) is 0.178. The van der Waals surface area contributed by atoms with Gasteiger partial charge in [0.15, 0.2) is 0 Å². The van der Waals surface area contributed by atoms with E-state index in [1.165, 1.54) is 12.8 Å². The molecule has 1 saturated heterocycles. The van der Waals surface area contributed by atoms with E-state index in [1.807, 2.05) is 6.92 Å². The van der Waals surface area contributed by atoms with E-state index < -0.39 is 11.4 Å². The summed E-state index contributed by atoms with van der Waals surface area (Å²) < 4.78 is 0. The fraction of sp³-hybridized carbons (Fsp3) is 0.875. The van der Waals surface area contributed by atoms with E-state index in [1.54, 1.807) is 4.90 Å². The smallest absolute Gasteiger partial charge is 0.317 e. The van der Waals surface area contributed by atoms with Crippen LogP contribution in [0.2, 0.25) is 0 Å². The molecule has 0 spiro atoms. The summed E-state index contributed by atoms with van der Waals surface area (Å²) >= 11 is 0. The van der Waals surface area contributed by atoms with Crippen molar-refractivity contribution in [1.82, 2.24) is 10.2 Å². The molecule has 0 aromatic carbocycles. The summed E-state index contributed by atoms with van der Waals surface area (Å²) in [6.45, 7) is 5.14. The molecular weight excluding hydrogens is 268 g/mol. The van der Waals surface area contributed by atoms with E-state index in [0.717, 1.165) is 19.3 Å². The Kier molecular flexibility index (Phi) is 5.12. The van der Waals surface area contributed by atoms with Crippen LogP contribution >= 0.6 is 0 Å². The van der Waals surface area contributed by atoms with Crippen molar-refractivity contribution in [2.45, 2.75) is 64.8 Å². The summed E-state index contributed by atoms with van der Waals surface area (Å²) in [5.74, 6) is -0.104. The minimum Gasteiger partial charge on any atom is -0.481 e. The average Bonchev–Trinajstić information content (AvgIpc) is 2.47. The molecule has 1 heterocycles. The van der Waals surface area contributed by atoms with Crippen molar-refractivity contribution in [2.24, 2.45) is 11.3 Å². The Hall–Kier alpha value is -1.26. The summed E-state index contributed by atoms with van der Waals surface area (Å²) in [7, 11) is 0. The summed E-state index contributed by atoms with van der Waals surface area (Å²) in [5, 5.41) is 12.6. The molecule has 0 aromatic heterocycles. The number of likely N-dealkylation sites (tertiary alicyclic amines) is 1. The van der Waals surface area contributed by atoms with Crippen LogP contribution in [0.15, 0.2) is 0 Å². The maximum atomic E-state index is 12.4. The molecule has 1 aliphatic carbocycles. The Labute approximate surface area is 127 Å². The molecule has 0 radical (unpaired) electrons. The minimum absolute atomic E-state index is 0.0760. The average molecular weight is 296 g/mol. The first kappa shape index (κ1) is 16.1. The highest BCUT2D eigenvalue weighted by Crippen LogP contribution is 2.34. The summed E-state index contributed by atoms with van der Waals surface area (Å²) in [4.78, 5) is 25.7. The molecule has 1 saturated carbocycles. The molecular formula is C16H28N2O3. The number of nitrogens with zero attached hydrogens (tertiary/aromatic N) is 1. The van der Waals surface area contributed by atoms with E-state index >= 15 is 0 Å². The Morgan fingerprint density at radius 2 is 2.10 bits per heavy atom. The molecule has 2 rings (SSSR count). The number of amides is 2. The number of hydrogen-bond acceptors (Lipinski definition) is 2. The van der Waals surface area contributed by atoms with E-state index in [2.05, 4.69) is 12.2 Å². The molecule has 0 aromatic rings. The topological polar surface area (TPSA) is 69.6 Å². The number of rotatable bonds is 3. The fourth-order valence-corrected chi connectivity index (χ4v) is 3.75. The fourth-order valence-electron chi connectivity index (χ4n) is 3.75. The van der Waals surface area contributed by atoms with Crippen molar-refractivity contribution >= 4 is 12.0 Å². The Bertz CT molecular complexity index is 399. The molecule has 2 N–H and O–H groups in total. The molecule has 2 amide bonds. The SMILES string of the molecule is CCC1(C(=O)O)CCCN(C(=O)NC2CCCC(C)C2)C1. The van der Waals surface area contributed by atoms with Crippen molar-refractivity contribution in [3.63, 3.8) is 0 Å². The highest BCUT2D eigenvalue weighted by atomic mass is 16.4.